The summed E-state index contributed by atoms with van der Waals surface area (Å²) < 4.78 is 62.1. The van der Waals surface area contributed by atoms with Crippen LogP contribution in [0.5, 0.6) is 5.75 Å². The number of aryl methyl sites for hydroxylation is 1. The first-order valence-electron chi connectivity index (χ1n) is 12.2. The first-order valence-corrected chi connectivity index (χ1v) is 15.9. The van der Waals surface area contributed by atoms with Crippen LogP contribution in [0.2, 0.25) is 10.0 Å². The van der Waals surface area contributed by atoms with Gasteiger partial charge in [0, 0.05) is 15.7 Å². The highest BCUT2D eigenvalue weighted by Gasteiger charge is 2.37. The number of amides is 1. The monoisotopic (exact) mass is 631 g/mol. The van der Waals surface area contributed by atoms with Crippen molar-refractivity contribution in [2.75, 3.05) is 20.9 Å². The normalized spacial score (nSPS) is 15.0. The maximum atomic E-state index is 13.5. The molecule has 1 aliphatic heterocycles. The molecule has 0 spiro atoms. The van der Waals surface area contributed by atoms with Gasteiger partial charge in [-0.05, 0) is 85.3 Å². The predicted octanol–water partition coefficient (Wildman–Crippen LogP) is 5.70. The van der Waals surface area contributed by atoms with Crippen LogP contribution in [0.4, 0.5) is 17.1 Å². The second kappa shape index (κ2) is 11.2. The van der Waals surface area contributed by atoms with E-state index in [0.717, 1.165) is 9.87 Å². The molecule has 0 unspecified atom stereocenters. The number of halogens is 2. The van der Waals surface area contributed by atoms with E-state index in [1.165, 1.54) is 54.6 Å². The number of rotatable bonds is 7. The standard InChI is InChI=1S/C28H23Cl2N3O6S2/c1-18-6-9-21(16-24(18)30)32-40(35,36)22-14-10-20(11-15-22)31-28(34)27-17-33(25-4-2-3-5-26(25)39-27)41(37,38)23-12-7-19(29)8-13-23/h2-16,27,32H,17H2,1H3,(H,31,34)/t27-/m1/s1. The first-order chi connectivity index (χ1) is 19.4. The largest absolute Gasteiger partial charge is 0.476 e. The van der Waals surface area contributed by atoms with E-state index in [1.807, 2.05) is 0 Å². The molecule has 0 aliphatic carbocycles. The van der Waals surface area contributed by atoms with E-state index in [1.54, 1.807) is 43.3 Å². The molecule has 9 nitrogen and oxygen atoms in total. The summed E-state index contributed by atoms with van der Waals surface area (Å²) in [6, 6.07) is 22.6. The fourth-order valence-corrected chi connectivity index (χ4v) is 6.94. The van der Waals surface area contributed by atoms with Crippen LogP contribution in [0.1, 0.15) is 5.56 Å². The summed E-state index contributed by atoms with van der Waals surface area (Å²) in [4.78, 5) is 13.2. The van der Waals surface area contributed by atoms with Gasteiger partial charge in [-0.3, -0.25) is 13.8 Å². The number of anilines is 3. The van der Waals surface area contributed by atoms with E-state index in [0.29, 0.717) is 27.1 Å². The molecule has 5 rings (SSSR count). The zero-order valence-corrected chi connectivity index (χ0v) is 24.6. The zero-order chi connectivity index (χ0) is 29.4. The second-order valence-electron chi connectivity index (χ2n) is 9.15. The molecule has 0 saturated heterocycles. The van der Waals surface area contributed by atoms with Crippen molar-refractivity contribution in [2.24, 2.45) is 0 Å². The molecular formula is C28H23Cl2N3O6S2. The Bertz CT molecular complexity index is 1830. The Morgan fingerprint density at radius 3 is 2.17 bits per heavy atom. The van der Waals surface area contributed by atoms with Gasteiger partial charge in [0.15, 0.2) is 6.10 Å². The van der Waals surface area contributed by atoms with Crippen LogP contribution in [0.15, 0.2) is 101 Å². The molecule has 2 N–H and O–H groups in total. The summed E-state index contributed by atoms with van der Waals surface area (Å²) in [5.74, 6) is -0.390. The number of nitrogens with zero attached hydrogens (tertiary/aromatic N) is 1. The molecule has 212 valence electrons. The van der Waals surface area contributed by atoms with Crippen LogP contribution in [-0.4, -0.2) is 35.4 Å². The summed E-state index contributed by atoms with van der Waals surface area (Å²) in [6.07, 6.45) is -1.19. The number of carbonyl (C=O) groups is 1. The fourth-order valence-electron chi connectivity index (χ4n) is 4.11. The number of fused-ring (bicyclic) bond motifs is 1. The van der Waals surface area contributed by atoms with E-state index in [9.17, 15) is 21.6 Å². The minimum atomic E-state index is -4.05. The Balaban J connectivity index is 1.33. The van der Waals surface area contributed by atoms with Gasteiger partial charge < -0.3 is 10.1 Å². The van der Waals surface area contributed by atoms with Crippen molar-refractivity contribution in [3.05, 3.63) is 107 Å². The van der Waals surface area contributed by atoms with Crippen LogP contribution in [-0.2, 0) is 24.8 Å². The summed E-state index contributed by atoms with van der Waals surface area (Å²) in [5.41, 5.74) is 1.71. The second-order valence-corrected chi connectivity index (χ2v) is 13.5. The number of para-hydroxylation sites is 2. The van der Waals surface area contributed by atoms with Crippen molar-refractivity contribution in [2.45, 2.75) is 22.8 Å². The first kappa shape index (κ1) is 28.7. The van der Waals surface area contributed by atoms with Crippen LogP contribution in [0, 0.1) is 6.92 Å². The van der Waals surface area contributed by atoms with E-state index < -0.39 is 32.1 Å². The summed E-state index contributed by atoms with van der Waals surface area (Å²) in [7, 11) is -7.97. The van der Waals surface area contributed by atoms with Gasteiger partial charge in [-0.1, -0.05) is 41.4 Å². The van der Waals surface area contributed by atoms with Crippen LogP contribution in [0.3, 0.4) is 0 Å². The van der Waals surface area contributed by atoms with Gasteiger partial charge in [-0.2, -0.15) is 0 Å². The lowest BCUT2D eigenvalue weighted by Gasteiger charge is -2.34. The van der Waals surface area contributed by atoms with Gasteiger partial charge in [-0.25, -0.2) is 16.8 Å². The lowest BCUT2D eigenvalue weighted by Crippen LogP contribution is -2.48. The molecule has 0 saturated carbocycles. The highest BCUT2D eigenvalue weighted by Crippen LogP contribution is 2.37. The maximum absolute atomic E-state index is 13.5. The number of sulfonamides is 2. The molecule has 0 aromatic heterocycles. The van der Waals surface area contributed by atoms with Gasteiger partial charge in [0.25, 0.3) is 26.0 Å². The highest BCUT2D eigenvalue weighted by molar-refractivity contribution is 7.93. The van der Waals surface area contributed by atoms with Crippen molar-refractivity contribution < 1.29 is 26.4 Å². The average molecular weight is 633 g/mol. The maximum Gasteiger partial charge on any atom is 0.267 e. The number of nitrogens with one attached hydrogen (secondary N) is 2. The van der Waals surface area contributed by atoms with E-state index >= 15 is 0 Å². The van der Waals surface area contributed by atoms with E-state index in [4.69, 9.17) is 27.9 Å². The van der Waals surface area contributed by atoms with Crippen molar-refractivity contribution in [1.29, 1.82) is 0 Å². The Hall–Kier alpha value is -3.77. The number of hydrogen-bond donors (Lipinski definition) is 2. The summed E-state index contributed by atoms with van der Waals surface area (Å²) >= 11 is 12.0. The number of carbonyl (C=O) groups excluding carboxylic acids is 1. The van der Waals surface area contributed by atoms with Gasteiger partial charge in [0.1, 0.15) is 5.75 Å². The molecule has 1 heterocycles. The van der Waals surface area contributed by atoms with Crippen LogP contribution >= 0.6 is 23.2 Å². The number of benzene rings is 4. The molecule has 0 radical (unpaired) electrons. The van der Waals surface area contributed by atoms with Gasteiger partial charge in [0.2, 0.25) is 0 Å². The van der Waals surface area contributed by atoms with Crippen LogP contribution < -0.4 is 19.1 Å². The SMILES string of the molecule is Cc1ccc(NS(=O)(=O)c2ccc(NC(=O)[C@H]3CN(S(=O)(=O)c4ccc(Cl)cc4)c4ccccc4O3)cc2)cc1Cl. The third-order valence-electron chi connectivity index (χ3n) is 6.29. The zero-order valence-electron chi connectivity index (χ0n) is 21.4. The lowest BCUT2D eigenvalue weighted by atomic mass is 10.2. The molecular weight excluding hydrogens is 609 g/mol. The minimum Gasteiger partial charge on any atom is -0.476 e. The molecule has 4 aromatic carbocycles. The Kier molecular flexibility index (Phi) is 7.89. The van der Waals surface area contributed by atoms with Crippen LogP contribution in [0.25, 0.3) is 0 Å². The summed E-state index contributed by atoms with van der Waals surface area (Å²) in [5, 5.41) is 3.48. The molecule has 4 aromatic rings. The third-order valence-corrected chi connectivity index (χ3v) is 10.1. The highest BCUT2D eigenvalue weighted by atomic mass is 35.5. The molecule has 0 fully saturated rings. The number of hydrogen-bond acceptors (Lipinski definition) is 6. The lowest BCUT2D eigenvalue weighted by molar-refractivity contribution is -0.122. The predicted molar refractivity (Wildman–Crippen MR) is 159 cm³/mol. The van der Waals surface area contributed by atoms with Gasteiger partial charge in [-0.15, -0.1) is 0 Å². The quantitative estimate of drug-likeness (QED) is 0.270. The Morgan fingerprint density at radius 1 is 0.854 bits per heavy atom. The Morgan fingerprint density at radius 2 is 1.49 bits per heavy atom. The molecule has 1 aliphatic rings. The van der Waals surface area contributed by atoms with E-state index in [-0.39, 0.29) is 22.1 Å². The average Bonchev–Trinajstić information content (AvgIpc) is 2.94. The Labute approximate surface area is 247 Å². The summed E-state index contributed by atoms with van der Waals surface area (Å²) in [6.45, 7) is 1.52. The topological polar surface area (TPSA) is 122 Å². The van der Waals surface area contributed by atoms with Gasteiger partial charge in [0.05, 0.1) is 27.7 Å². The molecule has 1 atom stereocenters. The molecule has 41 heavy (non-hydrogen) atoms. The van der Waals surface area contributed by atoms with Crippen molar-refractivity contribution >= 4 is 66.2 Å². The minimum absolute atomic E-state index is 0.0103. The smallest absolute Gasteiger partial charge is 0.267 e. The van der Waals surface area contributed by atoms with Crippen molar-refractivity contribution in [3.8, 4) is 5.75 Å². The molecule has 0 bridgehead atoms. The fraction of sp³-hybridized carbons (Fsp3) is 0.107. The van der Waals surface area contributed by atoms with Crippen molar-refractivity contribution in [1.82, 2.24) is 0 Å². The van der Waals surface area contributed by atoms with Gasteiger partial charge >= 0.3 is 0 Å². The third kappa shape index (κ3) is 6.13. The molecule has 1 amide bonds. The van der Waals surface area contributed by atoms with E-state index in [2.05, 4.69) is 10.0 Å². The van der Waals surface area contributed by atoms with Crippen molar-refractivity contribution in [3.63, 3.8) is 0 Å². The number of ether oxygens (including phenoxy) is 1. The molecule has 13 heteroatoms.